The largest absolute Gasteiger partial charge is 0.362 e. The number of benzene rings is 1. The minimum Gasteiger partial charge on any atom is -0.362 e. The molecule has 0 spiro atoms. The van der Waals surface area contributed by atoms with E-state index < -0.39 is 0 Å². The van der Waals surface area contributed by atoms with Crippen molar-refractivity contribution < 1.29 is 0 Å². The molecular weight excluding hydrogens is 252 g/mol. The Labute approximate surface area is 123 Å². The number of thiocarbonyl (C=S) groups is 1. The van der Waals surface area contributed by atoms with Crippen molar-refractivity contribution in [3.63, 3.8) is 0 Å². The molecule has 0 saturated heterocycles. The van der Waals surface area contributed by atoms with Crippen LogP contribution in [0, 0.1) is 5.92 Å². The first kappa shape index (κ1) is 16.0. The molecule has 106 valence electrons. The summed E-state index contributed by atoms with van der Waals surface area (Å²) in [5.74, 6) is 1.32. The Bertz CT molecular complexity index is 384. The van der Waals surface area contributed by atoms with Gasteiger partial charge in [0.1, 0.15) is 0 Å². The summed E-state index contributed by atoms with van der Waals surface area (Å²) < 4.78 is 0. The second-order valence-corrected chi connectivity index (χ2v) is 5.90. The Hall–Kier alpha value is -1.09. The van der Waals surface area contributed by atoms with Crippen LogP contribution in [0.15, 0.2) is 24.3 Å². The third-order valence-corrected chi connectivity index (χ3v) is 3.60. The zero-order chi connectivity index (χ0) is 14.3. The van der Waals surface area contributed by atoms with E-state index in [-0.39, 0.29) is 0 Å². The zero-order valence-electron chi connectivity index (χ0n) is 12.5. The number of nitrogens with one attached hydrogen (secondary N) is 2. The van der Waals surface area contributed by atoms with E-state index >= 15 is 0 Å². The first-order valence-electron chi connectivity index (χ1n) is 7.17. The minimum absolute atomic E-state index is 0.616. The molecule has 0 fully saturated rings. The van der Waals surface area contributed by atoms with Crippen LogP contribution in [0.2, 0.25) is 0 Å². The van der Waals surface area contributed by atoms with Gasteiger partial charge in [-0.15, -0.1) is 0 Å². The maximum Gasteiger partial charge on any atom is 0.170 e. The predicted molar refractivity (Wildman–Crippen MR) is 88.8 cm³/mol. The average Bonchev–Trinajstić information content (AvgIpc) is 2.38. The molecule has 1 aromatic rings. The van der Waals surface area contributed by atoms with Crippen LogP contribution in [0.4, 0.5) is 5.69 Å². The van der Waals surface area contributed by atoms with Gasteiger partial charge in [0.15, 0.2) is 5.11 Å². The maximum absolute atomic E-state index is 5.27. The molecule has 0 aromatic heterocycles. The van der Waals surface area contributed by atoms with Crippen molar-refractivity contribution in [2.24, 2.45) is 5.92 Å². The fourth-order valence-electron chi connectivity index (χ4n) is 1.78. The van der Waals surface area contributed by atoms with Gasteiger partial charge in [-0.2, -0.15) is 0 Å². The molecule has 0 bridgehead atoms. The molecule has 3 heteroatoms. The Morgan fingerprint density at radius 2 is 1.79 bits per heavy atom. The summed E-state index contributed by atoms with van der Waals surface area (Å²) in [6.45, 7) is 9.82. The van der Waals surface area contributed by atoms with E-state index in [2.05, 4.69) is 62.6 Å². The van der Waals surface area contributed by atoms with Crippen molar-refractivity contribution >= 4 is 23.0 Å². The van der Waals surface area contributed by atoms with Gasteiger partial charge in [0.25, 0.3) is 0 Å². The summed E-state index contributed by atoms with van der Waals surface area (Å²) in [5, 5.41) is 7.16. The molecule has 2 N–H and O–H groups in total. The van der Waals surface area contributed by atoms with Crippen LogP contribution in [-0.2, 0) is 0 Å². The molecule has 1 rings (SSSR count). The van der Waals surface area contributed by atoms with Crippen LogP contribution < -0.4 is 10.6 Å². The lowest BCUT2D eigenvalue weighted by molar-refractivity contribution is 0.579. The molecule has 1 aromatic carbocycles. The molecule has 1 atom stereocenters. The van der Waals surface area contributed by atoms with E-state index in [9.17, 15) is 0 Å². The van der Waals surface area contributed by atoms with E-state index in [4.69, 9.17) is 12.2 Å². The maximum atomic E-state index is 5.27. The molecule has 0 aliphatic rings. The first-order chi connectivity index (χ1) is 9.02. The summed E-state index contributed by atoms with van der Waals surface area (Å²) in [7, 11) is 0. The van der Waals surface area contributed by atoms with Crippen molar-refractivity contribution in [3.05, 3.63) is 29.8 Å². The number of rotatable bonds is 6. The topological polar surface area (TPSA) is 24.1 Å². The molecule has 0 saturated carbocycles. The normalized spacial score (nSPS) is 12.3. The van der Waals surface area contributed by atoms with Crippen molar-refractivity contribution in [3.8, 4) is 0 Å². The monoisotopic (exact) mass is 278 g/mol. The second kappa shape index (κ2) is 8.16. The smallest absolute Gasteiger partial charge is 0.170 e. The highest BCUT2D eigenvalue weighted by Crippen LogP contribution is 2.20. The highest BCUT2D eigenvalue weighted by atomic mass is 32.1. The molecule has 0 radical (unpaired) electrons. The van der Waals surface area contributed by atoms with Gasteiger partial charge < -0.3 is 10.6 Å². The van der Waals surface area contributed by atoms with E-state index in [1.165, 1.54) is 12.0 Å². The summed E-state index contributed by atoms with van der Waals surface area (Å²) in [6, 6.07) is 8.54. The summed E-state index contributed by atoms with van der Waals surface area (Å²) in [5.41, 5.74) is 2.43. The SMILES string of the molecule is CCC(C)c1ccc(NC(=S)NCCC(C)C)cc1. The molecular formula is C16H26N2S. The van der Waals surface area contributed by atoms with Gasteiger partial charge in [0.05, 0.1) is 0 Å². The summed E-state index contributed by atoms with van der Waals surface area (Å²) in [4.78, 5) is 0. The van der Waals surface area contributed by atoms with Crippen LogP contribution in [0.1, 0.15) is 52.0 Å². The second-order valence-electron chi connectivity index (χ2n) is 5.49. The molecule has 0 aliphatic carbocycles. The van der Waals surface area contributed by atoms with Gasteiger partial charge in [-0.05, 0) is 54.6 Å². The third-order valence-electron chi connectivity index (χ3n) is 3.36. The summed E-state index contributed by atoms with van der Waals surface area (Å²) >= 11 is 5.27. The van der Waals surface area contributed by atoms with Crippen molar-refractivity contribution in [1.82, 2.24) is 5.32 Å². The molecule has 0 heterocycles. The fourth-order valence-corrected chi connectivity index (χ4v) is 2.00. The lowest BCUT2D eigenvalue weighted by atomic mass is 9.99. The van der Waals surface area contributed by atoms with E-state index in [0.717, 1.165) is 18.7 Å². The van der Waals surface area contributed by atoms with Crippen LogP contribution >= 0.6 is 12.2 Å². The average molecular weight is 278 g/mol. The van der Waals surface area contributed by atoms with Crippen molar-refractivity contribution in [2.45, 2.75) is 46.5 Å². The van der Waals surface area contributed by atoms with E-state index in [1.807, 2.05) is 0 Å². The molecule has 1 unspecified atom stereocenters. The standard InChI is InChI=1S/C16H26N2S/c1-5-13(4)14-6-8-15(9-7-14)18-16(19)17-11-10-12(2)3/h6-9,12-13H,5,10-11H2,1-4H3,(H2,17,18,19). The number of hydrogen-bond donors (Lipinski definition) is 2. The Balaban J connectivity index is 2.42. The van der Waals surface area contributed by atoms with E-state index in [1.54, 1.807) is 0 Å². The van der Waals surface area contributed by atoms with Crippen LogP contribution in [0.5, 0.6) is 0 Å². The Kier molecular flexibility index (Phi) is 6.85. The lowest BCUT2D eigenvalue weighted by Crippen LogP contribution is -2.29. The fraction of sp³-hybridized carbons (Fsp3) is 0.562. The molecule has 0 aliphatic heterocycles. The lowest BCUT2D eigenvalue weighted by Gasteiger charge is -2.13. The first-order valence-corrected chi connectivity index (χ1v) is 7.58. The summed E-state index contributed by atoms with van der Waals surface area (Å²) in [6.07, 6.45) is 2.30. The van der Waals surface area contributed by atoms with Gasteiger partial charge in [-0.3, -0.25) is 0 Å². The van der Waals surface area contributed by atoms with Crippen LogP contribution in [0.25, 0.3) is 0 Å². The highest BCUT2D eigenvalue weighted by molar-refractivity contribution is 7.80. The third kappa shape index (κ3) is 6.06. The zero-order valence-corrected chi connectivity index (χ0v) is 13.3. The molecule has 0 amide bonds. The van der Waals surface area contributed by atoms with E-state index in [0.29, 0.717) is 16.9 Å². The van der Waals surface area contributed by atoms with Gasteiger partial charge >= 0.3 is 0 Å². The Morgan fingerprint density at radius 3 is 2.32 bits per heavy atom. The number of hydrogen-bond acceptors (Lipinski definition) is 1. The van der Waals surface area contributed by atoms with Crippen molar-refractivity contribution in [2.75, 3.05) is 11.9 Å². The predicted octanol–water partition coefficient (Wildman–Crippen LogP) is 4.53. The molecule has 19 heavy (non-hydrogen) atoms. The highest BCUT2D eigenvalue weighted by Gasteiger charge is 2.03. The van der Waals surface area contributed by atoms with Crippen molar-refractivity contribution in [1.29, 1.82) is 0 Å². The van der Waals surface area contributed by atoms with Gasteiger partial charge in [-0.1, -0.05) is 39.8 Å². The van der Waals surface area contributed by atoms with Gasteiger partial charge in [-0.25, -0.2) is 0 Å². The van der Waals surface area contributed by atoms with Crippen LogP contribution in [0.3, 0.4) is 0 Å². The van der Waals surface area contributed by atoms with Gasteiger partial charge in [0, 0.05) is 12.2 Å². The van der Waals surface area contributed by atoms with Crippen LogP contribution in [-0.4, -0.2) is 11.7 Å². The quantitative estimate of drug-likeness (QED) is 0.747. The minimum atomic E-state index is 0.616. The number of anilines is 1. The Morgan fingerprint density at radius 1 is 1.16 bits per heavy atom. The van der Waals surface area contributed by atoms with Gasteiger partial charge in [0.2, 0.25) is 0 Å². The molecule has 2 nitrogen and oxygen atoms in total.